The maximum Gasteiger partial charge on any atom is 0.219 e. The maximum atomic E-state index is 10.3. The van der Waals surface area contributed by atoms with E-state index in [1.807, 2.05) is 4.57 Å². The number of aryl methyl sites for hydroxylation is 1. The molecule has 1 heterocycles. The zero-order valence-electron chi connectivity index (χ0n) is 6.03. The largest absolute Gasteiger partial charge is 0.412 e. The summed E-state index contributed by atoms with van der Waals surface area (Å²) in [6.07, 6.45) is 5.49. The first-order valence-electron chi connectivity index (χ1n) is 3.03. The maximum absolute atomic E-state index is 10.3. The third-order valence-electron chi connectivity index (χ3n) is 1.18. The number of nitrogens with two attached hydrogens (primary N) is 1. The van der Waals surface area contributed by atoms with Crippen molar-refractivity contribution in [2.24, 2.45) is 5.73 Å². The van der Waals surface area contributed by atoms with Crippen molar-refractivity contribution >= 4 is 5.91 Å². The Kier molecular flexibility index (Phi) is 3.90. The zero-order chi connectivity index (χ0) is 7.40. The van der Waals surface area contributed by atoms with Crippen LogP contribution in [-0.4, -0.2) is 20.9 Å². The second-order valence-corrected chi connectivity index (χ2v) is 2.02. The number of amides is 1. The molecule has 4 N–H and O–H groups in total. The predicted octanol–water partition coefficient (Wildman–Crippen LogP) is -1.07. The van der Waals surface area contributed by atoms with Gasteiger partial charge in [0.1, 0.15) is 0 Å². The first-order chi connectivity index (χ1) is 4.79. The van der Waals surface area contributed by atoms with Crippen LogP contribution in [-0.2, 0) is 11.3 Å². The normalized spacial score (nSPS) is 8.73. The lowest BCUT2D eigenvalue weighted by Crippen LogP contribution is -2.13. The van der Waals surface area contributed by atoms with Crippen LogP contribution in [0, 0.1) is 0 Å². The van der Waals surface area contributed by atoms with Crippen LogP contribution in [0.1, 0.15) is 6.42 Å². The standard InChI is InChI=1S/C6H9N3O.H2O/c7-6(10)1-3-9-4-2-8-5-9;/h2,4-5H,1,3H2,(H2,7,10);1H2. The second-order valence-electron chi connectivity index (χ2n) is 2.02. The molecule has 11 heavy (non-hydrogen) atoms. The molecule has 1 aromatic rings. The van der Waals surface area contributed by atoms with E-state index in [-0.39, 0.29) is 11.4 Å². The first kappa shape index (κ1) is 9.64. The Bertz CT molecular complexity index is 208. The van der Waals surface area contributed by atoms with Crippen molar-refractivity contribution in [3.05, 3.63) is 18.7 Å². The average Bonchev–Trinajstić information content (AvgIpc) is 2.34. The Morgan fingerprint density at radius 2 is 2.36 bits per heavy atom. The van der Waals surface area contributed by atoms with Crippen LogP contribution < -0.4 is 5.73 Å². The van der Waals surface area contributed by atoms with Gasteiger partial charge in [-0.25, -0.2) is 4.98 Å². The van der Waals surface area contributed by atoms with E-state index in [1.165, 1.54) is 0 Å². The van der Waals surface area contributed by atoms with E-state index in [2.05, 4.69) is 4.98 Å². The van der Waals surface area contributed by atoms with E-state index in [1.54, 1.807) is 18.7 Å². The number of hydrogen-bond donors (Lipinski definition) is 1. The van der Waals surface area contributed by atoms with Gasteiger partial charge in [-0.2, -0.15) is 0 Å². The molecular weight excluding hydrogens is 146 g/mol. The van der Waals surface area contributed by atoms with Crippen molar-refractivity contribution in [2.75, 3.05) is 0 Å². The molecular formula is C6H11N3O2. The fraction of sp³-hybridized carbons (Fsp3) is 0.333. The number of primary amides is 1. The summed E-state index contributed by atoms with van der Waals surface area (Å²) in [5.74, 6) is -0.284. The molecule has 0 aliphatic carbocycles. The van der Waals surface area contributed by atoms with Gasteiger partial charge in [0.2, 0.25) is 5.91 Å². The number of rotatable bonds is 3. The fourth-order valence-electron chi connectivity index (χ4n) is 0.658. The molecule has 62 valence electrons. The molecule has 0 saturated carbocycles. The highest BCUT2D eigenvalue weighted by atomic mass is 16.1. The molecule has 0 aliphatic rings. The summed E-state index contributed by atoms with van der Waals surface area (Å²) in [6.45, 7) is 0.620. The smallest absolute Gasteiger partial charge is 0.219 e. The molecule has 1 amide bonds. The van der Waals surface area contributed by atoms with Gasteiger partial charge in [0.25, 0.3) is 0 Å². The van der Waals surface area contributed by atoms with Gasteiger partial charge in [0.05, 0.1) is 6.33 Å². The molecule has 0 saturated heterocycles. The summed E-state index contributed by atoms with van der Waals surface area (Å²) in [4.78, 5) is 14.1. The molecule has 5 heteroatoms. The lowest BCUT2D eigenvalue weighted by molar-refractivity contribution is -0.118. The van der Waals surface area contributed by atoms with Gasteiger partial charge in [0, 0.05) is 25.4 Å². The van der Waals surface area contributed by atoms with E-state index in [0.717, 1.165) is 0 Å². The van der Waals surface area contributed by atoms with E-state index in [9.17, 15) is 4.79 Å². The third-order valence-corrected chi connectivity index (χ3v) is 1.18. The predicted molar refractivity (Wildman–Crippen MR) is 39.7 cm³/mol. The van der Waals surface area contributed by atoms with Crippen LogP contribution in [0.3, 0.4) is 0 Å². The number of carbonyl (C=O) groups is 1. The van der Waals surface area contributed by atoms with E-state index < -0.39 is 0 Å². The summed E-state index contributed by atoms with van der Waals surface area (Å²) in [7, 11) is 0. The van der Waals surface area contributed by atoms with Gasteiger partial charge >= 0.3 is 0 Å². The number of hydrogen-bond acceptors (Lipinski definition) is 2. The zero-order valence-corrected chi connectivity index (χ0v) is 6.03. The molecule has 0 atom stereocenters. The van der Waals surface area contributed by atoms with E-state index >= 15 is 0 Å². The van der Waals surface area contributed by atoms with Crippen LogP contribution in [0.25, 0.3) is 0 Å². The molecule has 0 fully saturated rings. The number of nitrogens with zero attached hydrogens (tertiary/aromatic N) is 2. The summed E-state index contributed by atoms with van der Waals surface area (Å²) in [5.41, 5.74) is 4.94. The lowest BCUT2D eigenvalue weighted by atomic mass is 10.4. The van der Waals surface area contributed by atoms with E-state index in [4.69, 9.17) is 5.73 Å². The Hall–Kier alpha value is -1.36. The van der Waals surface area contributed by atoms with E-state index in [0.29, 0.717) is 13.0 Å². The first-order valence-corrected chi connectivity index (χ1v) is 3.03. The van der Waals surface area contributed by atoms with Crippen LogP contribution in [0.2, 0.25) is 0 Å². The SMILES string of the molecule is NC(=O)CCn1ccnc1.O. The second kappa shape index (κ2) is 4.45. The van der Waals surface area contributed by atoms with Crippen molar-refractivity contribution in [2.45, 2.75) is 13.0 Å². The quantitative estimate of drug-likeness (QED) is 0.605. The molecule has 0 aliphatic heterocycles. The number of carbonyl (C=O) groups excluding carboxylic acids is 1. The molecule has 5 nitrogen and oxygen atoms in total. The summed E-state index contributed by atoms with van der Waals surface area (Å²) in [5, 5.41) is 0. The molecule has 1 aromatic heterocycles. The Morgan fingerprint density at radius 3 is 2.82 bits per heavy atom. The number of imidazole rings is 1. The molecule has 1 rings (SSSR count). The van der Waals surface area contributed by atoms with Gasteiger partial charge in [-0.05, 0) is 0 Å². The van der Waals surface area contributed by atoms with Crippen molar-refractivity contribution in [1.82, 2.24) is 9.55 Å². The highest BCUT2D eigenvalue weighted by Gasteiger charge is 1.93. The third kappa shape index (κ3) is 3.36. The average molecular weight is 157 g/mol. The van der Waals surface area contributed by atoms with Crippen molar-refractivity contribution < 1.29 is 10.3 Å². The van der Waals surface area contributed by atoms with Crippen molar-refractivity contribution in [3.8, 4) is 0 Å². The summed E-state index contributed by atoms with van der Waals surface area (Å²) >= 11 is 0. The monoisotopic (exact) mass is 157 g/mol. The van der Waals surface area contributed by atoms with Gasteiger partial charge in [0.15, 0.2) is 0 Å². The van der Waals surface area contributed by atoms with Gasteiger partial charge in [-0.15, -0.1) is 0 Å². The highest BCUT2D eigenvalue weighted by molar-refractivity contribution is 5.73. The highest BCUT2D eigenvalue weighted by Crippen LogP contribution is 1.88. The lowest BCUT2D eigenvalue weighted by Gasteiger charge is -1.96. The molecule has 0 spiro atoms. The van der Waals surface area contributed by atoms with Crippen molar-refractivity contribution in [1.29, 1.82) is 0 Å². The van der Waals surface area contributed by atoms with Crippen LogP contribution in [0.4, 0.5) is 0 Å². The Morgan fingerprint density at radius 1 is 1.64 bits per heavy atom. The van der Waals surface area contributed by atoms with Gasteiger partial charge in [-0.3, -0.25) is 4.79 Å². The van der Waals surface area contributed by atoms with Crippen LogP contribution >= 0.6 is 0 Å². The van der Waals surface area contributed by atoms with Crippen LogP contribution in [0.5, 0.6) is 0 Å². The van der Waals surface area contributed by atoms with Gasteiger partial charge in [-0.1, -0.05) is 0 Å². The minimum absolute atomic E-state index is 0. The molecule has 0 radical (unpaired) electrons. The molecule has 0 bridgehead atoms. The molecule has 0 aromatic carbocycles. The Labute approximate surface area is 64.1 Å². The topological polar surface area (TPSA) is 92.4 Å². The summed E-state index contributed by atoms with van der Waals surface area (Å²) < 4.78 is 1.81. The van der Waals surface area contributed by atoms with Gasteiger partial charge < -0.3 is 15.8 Å². The molecule has 0 unspecified atom stereocenters. The summed E-state index contributed by atoms with van der Waals surface area (Å²) in [6, 6.07) is 0. The fourth-order valence-corrected chi connectivity index (χ4v) is 0.658. The minimum Gasteiger partial charge on any atom is -0.412 e. The number of aromatic nitrogens is 2. The van der Waals surface area contributed by atoms with Crippen LogP contribution in [0.15, 0.2) is 18.7 Å². The Balaban J connectivity index is 0.000001000. The van der Waals surface area contributed by atoms with Crippen molar-refractivity contribution in [3.63, 3.8) is 0 Å². The minimum atomic E-state index is -0.284.